The van der Waals surface area contributed by atoms with Crippen molar-refractivity contribution in [1.82, 2.24) is 20.0 Å². The summed E-state index contributed by atoms with van der Waals surface area (Å²) in [5.41, 5.74) is 0.162. The monoisotopic (exact) mass is 306 g/mol. The van der Waals surface area contributed by atoms with Crippen LogP contribution >= 0.6 is 0 Å². The highest BCUT2D eigenvalue weighted by Gasteiger charge is 2.23. The molecule has 0 saturated carbocycles. The molecule has 2 heterocycles. The number of nitrogens with zero attached hydrogens (tertiary/aromatic N) is 3. The molecule has 1 N–H and O–H groups in total. The Hall–Kier alpha value is -1.69. The number of nitrogens with one attached hydrogen (secondary N) is 1. The van der Waals surface area contributed by atoms with Crippen molar-refractivity contribution in [3.63, 3.8) is 0 Å². The first-order valence-electron chi connectivity index (χ1n) is 8.26. The van der Waals surface area contributed by atoms with Crippen molar-refractivity contribution in [1.29, 1.82) is 0 Å². The molecular weight excluding hydrogens is 280 g/mol. The van der Waals surface area contributed by atoms with Crippen molar-refractivity contribution in [2.75, 3.05) is 19.6 Å². The molecule has 1 unspecified atom stereocenters. The number of likely N-dealkylation sites (N-methyl/N-ethyl adjacent to an activating group) is 1. The van der Waals surface area contributed by atoms with Gasteiger partial charge in [-0.1, -0.05) is 20.3 Å². The van der Waals surface area contributed by atoms with Gasteiger partial charge in [-0.15, -0.1) is 0 Å². The quantitative estimate of drug-likeness (QED) is 0.823. The van der Waals surface area contributed by atoms with Crippen LogP contribution in [0.1, 0.15) is 50.0 Å². The highest BCUT2D eigenvalue weighted by atomic mass is 16.2. The molecule has 0 radical (unpaired) electrons. The number of hydrogen-bond donors (Lipinski definition) is 1. The minimum Gasteiger partial charge on any atom is -0.349 e. The zero-order valence-corrected chi connectivity index (χ0v) is 13.5. The van der Waals surface area contributed by atoms with E-state index in [2.05, 4.69) is 29.2 Å². The Balaban J connectivity index is 1.96. The van der Waals surface area contributed by atoms with Crippen molar-refractivity contribution >= 4 is 5.91 Å². The van der Waals surface area contributed by atoms with E-state index in [0.29, 0.717) is 24.8 Å². The highest BCUT2D eigenvalue weighted by Crippen LogP contribution is 2.15. The normalized spacial score (nSPS) is 18.5. The third-order valence-corrected chi connectivity index (χ3v) is 4.23. The average molecular weight is 306 g/mol. The molecule has 6 heteroatoms. The number of rotatable bonds is 7. The molecule has 2 rings (SSSR count). The molecule has 0 bridgehead atoms. The molecule has 0 aliphatic carbocycles. The summed E-state index contributed by atoms with van der Waals surface area (Å²) in [5, 5.41) is 7.12. The van der Waals surface area contributed by atoms with Gasteiger partial charge in [0.1, 0.15) is 5.69 Å². The zero-order chi connectivity index (χ0) is 15.9. The molecule has 1 aliphatic rings. The predicted molar refractivity (Wildman–Crippen MR) is 86.0 cm³/mol. The summed E-state index contributed by atoms with van der Waals surface area (Å²) >= 11 is 0. The minimum absolute atomic E-state index is 0.155. The summed E-state index contributed by atoms with van der Waals surface area (Å²) in [6, 6.07) is 3.35. The zero-order valence-electron chi connectivity index (χ0n) is 13.5. The summed E-state index contributed by atoms with van der Waals surface area (Å²) in [7, 11) is 0. The van der Waals surface area contributed by atoms with E-state index in [-0.39, 0.29) is 11.5 Å². The lowest BCUT2D eigenvalue weighted by molar-refractivity contribution is 0.0933. The van der Waals surface area contributed by atoms with Gasteiger partial charge in [0, 0.05) is 25.2 Å². The molecule has 0 aromatic carbocycles. The van der Waals surface area contributed by atoms with E-state index in [9.17, 15) is 9.59 Å². The van der Waals surface area contributed by atoms with Gasteiger partial charge in [0.05, 0.1) is 0 Å². The molecule has 0 spiro atoms. The second-order valence-electron chi connectivity index (χ2n) is 5.77. The summed E-state index contributed by atoms with van der Waals surface area (Å²) in [6.07, 6.45) is 4.18. The molecule has 22 heavy (non-hydrogen) atoms. The van der Waals surface area contributed by atoms with Crippen LogP contribution in [0.25, 0.3) is 0 Å². The van der Waals surface area contributed by atoms with Crippen molar-refractivity contribution < 1.29 is 4.79 Å². The molecule has 1 aliphatic heterocycles. The summed E-state index contributed by atoms with van der Waals surface area (Å²) in [6.45, 7) is 7.52. The standard InChI is InChI=1S/C16H26N4O2/c1-3-5-11-20-15(21)9-8-14(18-20)16(22)17-12-13-7-6-10-19(13)4-2/h8-9,13H,3-7,10-12H2,1-2H3,(H,17,22). The molecular formula is C16H26N4O2. The molecule has 1 aromatic heterocycles. The Morgan fingerprint density at radius 3 is 2.95 bits per heavy atom. The first-order valence-corrected chi connectivity index (χ1v) is 8.26. The van der Waals surface area contributed by atoms with Crippen LogP contribution in [0.5, 0.6) is 0 Å². The summed E-state index contributed by atoms with van der Waals surface area (Å²) < 4.78 is 1.38. The van der Waals surface area contributed by atoms with E-state index in [0.717, 1.165) is 32.4 Å². The third-order valence-electron chi connectivity index (χ3n) is 4.23. The van der Waals surface area contributed by atoms with E-state index >= 15 is 0 Å². The van der Waals surface area contributed by atoms with Crippen LogP contribution in [0.4, 0.5) is 0 Å². The smallest absolute Gasteiger partial charge is 0.271 e. The predicted octanol–water partition coefficient (Wildman–Crippen LogP) is 1.26. The molecule has 122 valence electrons. The van der Waals surface area contributed by atoms with Gasteiger partial charge in [0.15, 0.2) is 0 Å². The van der Waals surface area contributed by atoms with E-state index in [1.807, 2.05) is 0 Å². The number of aryl methyl sites for hydroxylation is 1. The Morgan fingerprint density at radius 1 is 1.41 bits per heavy atom. The number of aromatic nitrogens is 2. The second kappa shape index (κ2) is 8.08. The fourth-order valence-corrected chi connectivity index (χ4v) is 2.88. The van der Waals surface area contributed by atoms with Crippen LogP contribution in [0.3, 0.4) is 0 Å². The molecule has 6 nitrogen and oxygen atoms in total. The van der Waals surface area contributed by atoms with Gasteiger partial charge in [-0.3, -0.25) is 14.5 Å². The number of carbonyl (C=O) groups excluding carboxylic acids is 1. The van der Waals surface area contributed by atoms with Crippen LogP contribution in [-0.4, -0.2) is 46.3 Å². The second-order valence-corrected chi connectivity index (χ2v) is 5.77. The minimum atomic E-state index is -0.201. The molecule has 1 amide bonds. The lowest BCUT2D eigenvalue weighted by Gasteiger charge is -2.22. The van der Waals surface area contributed by atoms with E-state index < -0.39 is 0 Å². The maximum atomic E-state index is 12.2. The largest absolute Gasteiger partial charge is 0.349 e. The van der Waals surface area contributed by atoms with Gasteiger partial charge in [0.25, 0.3) is 11.5 Å². The fourth-order valence-electron chi connectivity index (χ4n) is 2.88. The van der Waals surface area contributed by atoms with Gasteiger partial charge in [-0.05, 0) is 38.4 Å². The van der Waals surface area contributed by atoms with Crippen LogP contribution < -0.4 is 10.9 Å². The molecule has 1 saturated heterocycles. The Labute approximate surface area is 131 Å². The maximum absolute atomic E-state index is 12.2. The van der Waals surface area contributed by atoms with Crippen molar-refractivity contribution in [3.05, 3.63) is 28.2 Å². The first kappa shape index (κ1) is 16.7. The van der Waals surface area contributed by atoms with Crippen LogP contribution in [0, 0.1) is 0 Å². The van der Waals surface area contributed by atoms with Crippen LogP contribution in [0.15, 0.2) is 16.9 Å². The van der Waals surface area contributed by atoms with E-state index in [1.54, 1.807) is 0 Å². The van der Waals surface area contributed by atoms with Gasteiger partial charge in [-0.2, -0.15) is 5.10 Å². The number of unbranched alkanes of at least 4 members (excludes halogenated alkanes) is 1. The third kappa shape index (κ3) is 4.16. The summed E-state index contributed by atoms with van der Waals surface area (Å²) in [4.78, 5) is 26.3. The van der Waals surface area contributed by atoms with Crippen molar-refractivity contribution in [2.24, 2.45) is 0 Å². The summed E-state index contributed by atoms with van der Waals surface area (Å²) in [5.74, 6) is -0.201. The van der Waals surface area contributed by atoms with Gasteiger partial charge < -0.3 is 5.32 Å². The molecule has 1 atom stereocenters. The van der Waals surface area contributed by atoms with E-state index in [1.165, 1.54) is 23.2 Å². The van der Waals surface area contributed by atoms with Gasteiger partial charge in [-0.25, -0.2) is 4.68 Å². The Bertz CT molecular complexity index is 555. The van der Waals surface area contributed by atoms with Crippen molar-refractivity contribution in [2.45, 2.75) is 52.1 Å². The van der Waals surface area contributed by atoms with Crippen molar-refractivity contribution in [3.8, 4) is 0 Å². The fraction of sp³-hybridized carbons (Fsp3) is 0.688. The topological polar surface area (TPSA) is 67.2 Å². The first-order chi connectivity index (χ1) is 10.7. The number of hydrogen-bond acceptors (Lipinski definition) is 4. The van der Waals surface area contributed by atoms with Gasteiger partial charge in [0.2, 0.25) is 0 Å². The number of amides is 1. The van der Waals surface area contributed by atoms with Crippen LogP contribution in [-0.2, 0) is 6.54 Å². The lowest BCUT2D eigenvalue weighted by Crippen LogP contribution is -2.40. The molecule has 1 aromatic rings. The number of likely N-dealkylation sites (tertiary alicyclic amines) is 1. The molecule has 1 fully saturated rings. The SMILES string of the molecule is CCCCn1nc(C(=O)NCC2CCCN2CC)ccc1=O. The average Bonchev–Trinajstić information content (AvgIpc) is 2.99. The highest BCUT2D eigenvalue weighted by molar-refractivity contribution is 5.92. The Kier molecular flexibility index (Phi) is 6.12. The van der Waals surface area contributed by atoms with E-state index in [4.69, 9.17) is 0 Å². The van der Waals surface area contributed by atoms with Gasteiger partial charge >= 0.3 is 0 Å². The maximum Gasteiger partial charge on any atom is 0.271 e. The lowest BCUT2D eigenvalue weighted by atomic mass is 10.2. The van der Waals surface area contributed by atoms with Crippen LogP contribution in [0.2, 0.25) is 0 Å². The number of carbonyl (C=O) groups is 1. The Morgan fingerprint density at radius 2 is 2.23 bits per heavy atom.